The van der Waals surface area contributed by atoms with Gasteiger partial charge in [-0.2, -0.15) is 0 Å². The van der Waals surface area contributed by atoms with E-state index in [4.69, 9.17) is 0 Å². The third-order valence-corrected chi connectivity index (χ3v) is 4.79. The van der Waals surface area contributed by atoms with Gasteiger partial charge >= 0.3 is 29.6 Å². The first-order valence-corrected chi connectivity index (χ1v) is 9.24. The second kappa shape index (κ2) is 13.3. The quantitative estimate of drug-likeness (QED) is 0.306. The molecule has 0 amide bonds. The Morgan fingerprint density at radius 3 is 2.62 bits per heavy atom. The molecule has 0 radical (unpaired) electrons. The van der Waals surface area contributed by atoms with Crippen molar-refractivity contribution in [3.8, 4) is 0 Å². The summed E-state index contributed by atoms with van der Waals surface area (Å²) >= 11 is 0. The molecular formula is C19H33NaO4. The molecule has 3 atom stereocenters. The summed E-state index contributed by atoms with van der Waals surface area (Å²) in [6.45, 7) is 2.20. The van der Waals surface area contributed by atoms with Gasteiger partial charge in [0.25, 0.3) is 0 Å². The Balaban J connectivity index is 0.00000529. The largest absolute Gasteiger partial charge is 1.00 e. The summed E-state index contributed by atoms with van der Waals surface area (Å²) in [7, 11) is 0. The number of hydrogen-bond donors (Lipinski definition) is 2. The molecule has 0 aromatic heterocycles. The molecule has 1 aliphatic rings. The number of aliphatic carboxylic acids is 1. The number of carboxylic acids is 1. The van der Waals surface area contributed by atoms with Crippen molar-refractivity contribution in [3.63, 3.8) is 0 Å². The normalized spacial score (nSPS) is 25.4. The van der Waals surface area contributed by atoms with Crippen LogP contribution in [-0.4, -0.2) is 27.9 Å². The number of carbonyl (C=O) groups is 1. The van der Waals surface area contributed by atoms with E-state index in [9.17, 15) is 20.1 Å². The van der Waals surface area contributed by atoms with Crippen molar-refractivity contribution in [2.45, 2.75) is 95.7 Å². The molecule has 2 N–H and O–H groups in total. The standard InChI is InChI=1S/C19H34O4.Na/c1-2-3-4-5-6-7-10-17(20)12-11-16-9-8-13-19(23,14-16)15-18(21)22;/h11-12,16-17,20,23H,2-10,13-15H2,1H3,(H,21,22);/q;+1/p-1/b12-11+;/t16-,17+,19+;/m1./s1. The SMILES string of the molecule is CCCCCCCC[C@H](O)/C=C/[C@H]1CCC[C@@](O)(CC(=O)[O-])C1.[Na+]. The van der Waals surface area contributed by atoms with E-state index < -0.39 is 17.7 Å². The Hall–Kier alpha value is 0.130. The van der Waals surface area contributed by atoms with Crippen molar-refractivity contribution in [2.24, 2.45) is 5.92 Å². The maximum atomic E-state index is 10.7. The predicted octanol–water partition coefficient (Wildman–Crippen LogP) is -0.281. The van der Waals surface area contributed by atoms with Crippen molar-refractivity contribution < 1.29 is 49.7 Å². The van der Waals surface area contributed by atoms with Crippen molar-refractivity contribution >= 4 is 5.97 Å². The Bertz CT molecular complexity index is 372. The molecule has 4 nitrogen and oxygen atoms in total. The fraction of sp³-hybridized carbons (Fsp3) is 0.842. The monoisotopic (exact) mass is 348 g/mol. The molecule has 1 saturated carbocycles. The number of aliphatic hydroxyl groups is 2. The first kappa shape index (κ1) is 24.1. The van der Waals surface area contributed by atoms with Crippen molar-refractivity contribution in [2.75, 3.05) is 0 Å². The maximum absolute atomic E-state index is 10.7. The van der Waals surface area contributed by atoms with Crippen LogP contribution in [0.3, 0.4) is 0 Å². The summed E-state index contributed by atoms with van der Waals surface area (Å²) in [6, 6.07) is 0. The summed E-state index contributed by atoms with van der Waals surface area (Å²) in [4.78, 5) is 10.7. The molecule has 134 valence electrons. The zero-order chi connectivity index (χ0) is 17.1. The van der Waals surface area contributed by atoms with Crippen LogP contribution in [0.2, 0.25) is 0 Å². The number of carboxylic acid groups (broad SMARTS) is 1. The number of allylic oxidation sites excluding steroid dienone is 1. The van der Waals surface area contributed by atoms with E-state index in [1.807, 2.05) is 12.2 Å². The number of unbranched alkanes of at least 4 members (excludes halogenated alkanes) is 5. The van der Waals surface area contributed by atoms with Crippen LogP contribution in [-0.2, 0) is 4.79 Å². The molecular weight excluding hydrogens is 315 g/mol. The van der Waals surface area contributed by atoms with Crippen LogP contribution >= 0.6 is 0 Å². The molecule has 0 heterocycles. The summed E-state index contributed by atoms with van der Waals surface area (Å²) in [5.41, 5.74) is -1.14. The van der Waals surface area contributed by atoms with Crippen LogP contribution < -0.4 is 34.7 Å². The van der Waals surface area contributed by atoms with Crippen molar-refractivity contribution in [3.05, 3.63) is 12.2 Å². The van der Waals surface area contributed by atoms with Crippen LogP contribution in [0.25, 0.3) is 0 Å². The number of carbonyl (C=O) groups excluding carboxylic acids is 1. The van der Waals surface area contributed by atoms with Gasteiger partial charge in [0.15, 0.2) is 0 Å². The fourth-order valence-corrected chi connectivity index (χ4v) is 3.49. The summed E-state index contributed by atoms with van der Waals surface area (Å²) in [6.07, 6.45) is 13.8. The fourth-order valence-electron chi connectivity index (χ4n) is 3.49. The summed E-state index contributed by atoms with van der Waals surface area (Å²) in [5.74, 6) is -1.05. The van der Waals surface area contributed by atoms with Gasteiger partial charge in [0, 0.05) is 12.4 Å². The predicted molar refractivity (Wildman–Crippen MR) is 89.7 cm³/mol. The van der Waals surface area contributed by atoms with Crippen LogP contribution in [0.4, 0.5) is 0 Å². The molecule has 0 unspecified atom stereocenters. The minimum absolute atomic E-state index is 0. The van der Waals surface area contributed by atoms with Crippen LogP contribution in [0.1, 0.15) is 84.0 Å². The van der Waals surface area contributed by atoms with Gasteiger partial charge in [-0.15, -0.1) is 0 Å². The molecule has 0 aliphatic heterocycles. The van der Waals surface area contributed by atoms with E-state index in [2.05, 4.69) is 6.92 Å². The Morgan fingerprint density at radius 2 is 1.96 bits per heavy atom. The molecule has 1 rings (SSSR count). The van der Waals surface area contributed by atoms with Gasteiger partial charge in [-0.05, 0) is 38.0 Å². The van der Waals surface area contributed by atoms with E-state index in [1.54, 1.807) is 0 Å². The van der Waals surface area contributed by atoms with Crippen LogP contribution in [0.5, 0.6) is 0 Å². The van der Waals surface area contributed by atoms with E-state index >= 15 is 0 Å². The molecule has 5 heteroatoms. The molecule has 0 saturated heterocycles. The number of aliphatic hydroxyl groups excluding tert-OH is 1. The van der Waals surface area contributed by atoms with E-state index in [0.29, 0.717) is 12.8 Å². The van der Waals surface area contributed by atoms with Crippen molar-refractivity contribution in [1.82, 2.24) is 0 Å². The van der Waals surface area contributed by atoms with Gasteiger partial charge in [-0.3, -0.25) is 0 Å². The average Bonchev–Trinajstić information content (AvgIpc) is 2.47. The van der Waals surface area contributed by atoms with E-state index in [0.717, 1.165) is 25.7 Å². The molecule has 0 aromatic rings. The third kappa shape index (κ3) is 10.9. The van der Waals surface area contributed by atoms with E-state index in [1.165, 1.54) is 32.1 Å². The second-order valence-electron chi connectivity index (χ2n) is 7.14. The number of hydrogen-bond acceptors (Lipinski definition) is 4. The van der Waals surface area contributed by atoms with Crippen LogP contribution in [0, 0.1) is 5.92 Å². The minimum atomic E-state index is -1.19. The Morgan fingerprint density at radius 1 is 1.29 bits per heavy atom. The van der Waals surface area contributed by atoms with Crippen LogP contribution in [0.15, 0.2) is 12.2 Å². The van der Waals surface area contributed by atoms with E-state index in [-0.39, 0.29) is 41.9 Å². The minimum Gasteiger partial charge on any atom is -0.550 e. The smallest absolute Gasteiger partial charge is 0.550 e. The number of rotatable bonds is 11. The van der Waals surface area contributed by atoms with Gasteiger partial charge in [-0.25, -0.2) is 0 Å². The van der Waals surface area contributed by atoms with Gasteiger partial charge in [0.05, 0.1) is 11.7 Å². The first-order valence-electron chi connectivity index (χ1n) is 9.24. The van der Waals surface area contributed by atoms with Gasteiger partial charge in [0.2, 0.25) is 0 Å². The molecule has 1 aliphatic carbocycles. The van der Waals surface area contributed by atoms with Gasteiger partial charge < -0.3 is 20.1 Å². The molecule has 0 bridgehead atoms. The van der Waals surface area contributed by atoms with Crippen molar-refractivity contribution in [1.29, 1.82) is 0 Å². The topological polar surface area (TPSA) is 80.6 Å². The summed E-state index contributed by atoms with van der Waals surface area (Å²) < 4.78 is 0. The molecule has 1 fully saturated rings. The van der Waals surface area contributed by atoms with Gasteiger partial charge in [0.1, 0.15) is 0 Å². The zero-order valence-electron chi connectivity index (χ0n) is 15.5. The first-order chi connectivity index (χ1) is 10.9. The Kier molecular flexibility index (Phi) is 13.4. The summed E-state index contributed by atoms with van der Waals surface area (Å²) in [5, 5.41) is 31.0. The maximum Gasteiger partial charge on any atom is 1.00 e. The zero-order valence-corrected chi connectivity index (χ0v) is 17.5. The molecule has 24 heavy (non-hydrogen) atoms. The average molecular weight is 348 g/mol. The molecule has 0 spiro atoms. The molecule has 0 aromatic carbocycles. The Labute approximate surface area is 169 Å². The third-order valence-electron chi connectivity index (χ3n) is 4.79. The van der Waals surface area contributed by atoms with Gasteiger partial charge in [-0.1, -0.05) is 57.6 Å². The second-order valence-corrected chi connectivity index (χ2v) is 7.14.